The van der Waals surface area contributed by atoms with E-state index in [0.29, 0.717) is 0 Å². The highest BCUT2D eigenvalue weighted by molar-refractivity contribution is 5.76. The van der Waals surface area contributed by atoms with Crippen LogP contribution in [-0.2, 0) is 0 Å². The summed E-state index contributed by atoms with van der Waals surface area (Å²) in [4.78, 5) is 14.3. The zero-order chi connectivity index (χ0) is 51.2. The van der Waals surface area contributed by atoms with Crippen molar-refractivity contribution in [1.82, 2.24) is 15.0 Å². The predicted octanol–water partition coefficient (Wildman–Crippen LogP) is 19.2. The van der Waals surface area contributed by atoms with E-state index in [1.54, 1.807) is 0 Å². The lowest BCUT2D eigenvalue weighted by Gasteiger charge is -2.09. The van der Waals surface area contributed by atoms with Gasteiger partial charge < -0.3 is 0 Å². The molecule has 0 unspecified atom stereocenters. The Morgan fingerprint density at radius 1 is 0.173 bits per heavy atom. The van der Waals surface area contributed by atoms with E-state index in [2.05, 4.69) is 237 Å². The maximum atomic E-state index is 4.88. The van der Waals surface area contributed by atoms with Crippen LogP contribution in [0.3, 0.4) is 0 Å². The second-order valence-electron chi connectivity index (χ2n) is 18.6. The van der Waals surface area contributed by atoms with E-state index in [4.69, 9.17) is 15.0 Å². The first-order chi connectivity index (χ1) is 36.9. The summed E-state index contributed by atoms with van der Waals surface area (Å²) in [5.41, 5.74) is 24.1. The highest BCUT2D eigenvalue weighted by Crippen LogP contribution is 2.31. The number of pyridine rings is 3. The number of rotatable bonds is 9. The van der Waals surface area contributed by atoms with Crippen molar-refractivity contribution in [3.05, 3.63) is 308 Å². The number of nitrogens with zero attached hydrogens (tertiary/aromatic N) is 3. The van der Waals surface area contributed by atoms with Gasteiger partial charge in [0.15, 0.2) is 0 Å². The normalized spacial score (nSPS) is 10.6. The fourth-order valence-electron chi connectivity index (χ4n) is 9.19. The van der Waals surface area contributed by atoms with Gasteiger partial charge in [-0.05, 0) is 118 Å². The summed E-state index contributed by atoms with van der Waals surface area (Å²) in [7, 11) is 0. The van der Waals surface area contributed by atoms with Gasteiger partial charge in [0, 0.05) is 33.6 Å². The molecule has 0 saturated carbocycles. The van der Waals surface area contributed by atoms with E-state index in [1.165, 1.54) is 61.2 Å². The van der Waals surface area contributed by atoms with E-state index in [0.717, 1.165) is 56.4 Å². The molecule has 0 bridgehead atoms. The first-order valence-corrected chi connectivity index (χ1v) is 25.5. The molecule has 0 aliphatic heterocycles. The largest absolute Gasteiger partial charge is 0.253 e. The highest BCUT2D eigenvalue weighted by Gasteiger charge is 2.10. The van der Waals surface area contributed by atoms with E-state index in [-0.39, 0.29) is 0 Å². The zero-order valence-corrected chi connectivity index (χ0v) is 42.6. The maximum absolute atomic E-state index is 4.88. The Bertz CT molecular complexity index is 3310. The molecule has 3 aromatic heterocycles. The van der Waals surface area contributed by atoms with Crippen LogP contribution in [0.15, 0.2) is 291 Å². The lowest BCUT2D eigenvalue weighted by Crippen LogP contribution is -1.90. The third-order valence-corrected chi connectivity index (χ3v) is 13.0. The fourth-order valence-corrected chi connectivity index (χ4v) is 9.19. The molecule has 0 aliphatic carbocycles. The van der Waals surface area contributed by atoms with Gasteiger partial charge in [-0.3, -0.25) is 9.97 Å². The minimum absolute atomic E-state index is 1.01. The maximum Gasteiger partial charge on any atom is 0.0712 e. The molecule has 0 amide bonds. The predicted molar refractivity (Wildman–Crippen MR) is 316 cm³/mol. The zero-order valence-electron chi connectivity index (χ0n) is 42.6. The van der Waals surface area contributed by atoms with Crippen LogP contribution in [0.25, 0.3) is 101 Å². The summed E-state index contributed by atoms with van der Waals surface area (Å²) in [6, 6.07) is 101. The van der Waals surface area contributed by atoms with Crippen molar-refractivity contribution >= 4 is 0 Å². The number of hydrogen-bond donors (Lipinski definition) is 0. The molecule has 3 heteroatoms. The van der Waals surface area contributed by atoms with Crippen molar-refractivity contribution in [3.63, 3.8) is 0 Å². The molecule has 75 heavy (non-hydrogen) atoms. The van der Waals surface area contributed by atoms with Crippen LogP contribution in [0.1, 0.15) is 17.0 Å². The standard InChI is InChI=1S/3C24H19N/c1-18-16-23(17-24(25-18)22-10-6-3-7-11-22)21-14-12-20(13-15-21)19-8-4-2-5-9-19;1-18-16-23(20-10-6-3-7-11-20)17-24(25-18)22-14-12-21(13-15-22)19-8-4-2-5-9-19;1-18-16-23(21-10-6-3-7-11-21)25-24(17-18)22-14-12-20(13-15-22)19-8-4-2-5-9-19/h3*2-17H,1H3. The minimum Gasteiger partial charge on any atom is -0.253 e. The van der Waals surface area contributed by atoms with E-state index in [1.807, 2.05) is 74.5 Å². The van der Waals surface area contributed by atoms with Crippen molar-refractivity contribution in [2.24, 2.45) is 0 Å². The van der Waals surface area contributed by atoms with Gasteiger partial charge in [0.05, 0.1) is 22.8 Å². The molecule has 0 spiro atoms. The molecule has 3 heterocycles. The Kier molecular flexibility index (Phi) is 15.5. The molecule has 0 saturated heterocycles. The molecule has 360 valence electrons. The van der Waals surface area contributed by atoms with Crippen LogP contribution in [0, 0.1) is 20.8 Å². The lowest BCUT2D eigenvalue weighted by atomic mass is 9.99. The van der Waals surface area contributed by atoms with E-state index in [9.17, 15) is 0 Å². The third-order valence-electron chi connectivity index (χ3n) is 13.0. The molecule has 0 radical (unpaired) electrons. The van der Waals surface area contributed by atoms with Gasteiger partial charge in [-0.1, -0.05) is 255 Å². The molecule has 3 nitrogen and oxygen atoms in total. The van der Waals surface area contributed by atoms with Crippen molar-refractivity contribution < 1.29 is 0 Å². The van der Waals surface area contributed by atoms with Crippen molar-refractivity contribution in [3.8, 4) is 101 Å². The highest BCUT2D eigenvalue weighted by atomic mass is 14.7. The van der Waals surface area contributed by atoms with Gasteiger partial charge in [-0.15, -0.1) is 0 Å². The molecule has 12 rings (SSSR count). The summed E-state index contributed by atoms with van der Waals surface area (Å²) in [5.74, 6) is 0. The van der Waals surface area contributed by atoms with Crippen LogP contribution in [0.2, 0.25) is 0 Å². The van der Waals surface area contributed by atoms with Gasteiger partial charge in [-0.2, -0.15) is 0 Å². The smallest absolute Gasteiger partial charge is 0.0712 e. The second-order valence-corrected chi connectivity index (χ2v) is 18.6. The molecule has 0 N–H and O–H groups in total. The second kappa shape index (κ2) is 23.8. The monoisotopic (exact) mass is 963 g/mol. The van der Waals surface area contributed by atoms with Gasteiger partial charge in [0.25, 0.3) is 0 Å². The van der Waals surface area contributed by atoms with Gasteiger partial charge in [0.1, 0.15) is 0 Å². The Morgan fingerprint density at radius 2 is 0.373 bits per heavy atom. The SMILES string of the molecule is Cc1cc(-c2ccc(-c3ccccc3)cc2)cc(-c2ccccc2)n1.Cc1cc(-c2ccccc2)cc(-c2ccc(-c3ccccc3)cc2)n1.Cc1cc(-c2ccccc2)nc(-c2ccc(-c3ccccc3)cc2)c1. The molecule has 12 aromatic rings. The number of hydrogen-bond acceptors (Lipinski definition) is 3. The van der Waals surface area contributed by atoms with Crippen molar-refractivity contribution in [1.29, 1.82) is 0 Å². The topological polar surface area (TPSA) is 38.7 Å². The molecular weight excluding hydrogens is 907 g/mol. The molecule has 9 aromatic carbocycles. The fraction of sp³-hybridized carbons (Fsp3) is 0.0417. The lowest BCUT2D eigenvalue weighted by molar-refractivity contribution is 1.21. The molecule has 0 aliphatic rings. The van der Waals surface area contributed by atoms with Crippen LogP contribution in [-0.4, -0.2) is 15.0 Å². The van der Waals surface area contributed by atoms with E-state index < -0.39 is 0 Å². The Hall–Kier alpha value is -9.57. The van der Waals surface area contributed by atoms with Crippen molar-refractivity contribution in [2.75, 3.05) is 0 Å². The average molecular weight is 964 g/mol. The van der Waals surface area contributed by atoms with Crippen LogP contribution in [0.4, 0.5) is 0 Å². The van der Waals surface area contributed by atoms with Crippen LogP contribution in [0.5, 0.6) is 0 Å². The quantitative estimate of drug-likeness (QED) is 0.145. The first-order valence-electron chi connectivity index (χ1n) is 25.5. The first kappa shape index (κ1) is 49.0. The summed E-state index contributed by atoms with van der Waals surface area (Å²) in [5, 5.41) is 0. The van der Waals surface area contributed by atoms with E-state index >= 15 is 0 Å². The summed E-state index contributed by atoms with van der Waals surface area (Å²) in [6.07, 6.45) is 0. The van der Waals surface area contributed by atoms with Crippen LogP contribution >= 0.6 is 0 Å². The Labute approximate surface area is 442 Å². The summed E-state index contributed by atoms with van der Waals surface area (Å²) in [6.45, 7) is 6.22. The summed E-state index contributed by atoms with van der Waals surface area (Å²) >= 11 is 0. The summed E-state index contributed by atoms with van der Waals surface area (Å²) < 4.78 is 0. The van der Waals surface area contributed by atoms with Gasteiger partial charge in [0.2, 0.25) is 0 Å². The van der Waals surface area contributed by atoms with Gasteiger partial charge >= 0.3 is 0 Å². The van der Waals surface area contributed by atoms with Crippen LogP contribution < -0.4 is 0 Å². The molecular formula is C72H57N3. The number of aryl methyl sites for hydroxylation is 3. The number of aromatic nitrogens is 3. The number of benzene rings is 9. The molecule has 0 fully saturated rings. The minimum atomic E-state index is 1.01. The van der Waals surface area contributed by atoms with Crippen molar-refractivity contribution in [2.45, 2.75) is 20.8 Å². The average Bonchev–Trinajstić information content (AvgIpc) is 3.48. The third kappa shape index (κ3) is 12.7. The Balaban J connectivity index is 0.000000128. The Morgan fingerprint density at radius 3 is 0.667 bits per heavy atom. The van der Waals surface area contributed by atoms with Gasteiger partial charge in [-0.25, -0.2) is 4.98 Å². The molecule has 0 atom stereocenters.